The second-order valence-electron chi connectivity index (χ2n) is 10.5. The summed E-state index contributed by atoms with van der Waals surface area (Å²) in [5.41, 5.74) is 1.20. The Hall–Kier alpha value is -3.89. The van der Waals surface area contributed by atoms with Gasteiger partial charge in [-0.1, -0.05) is 5.16 Å². The van der Waals surface area contributed by atoms with Crippen LogP contribution in [0.2, 0.25) is 0 Å². The first-order valence-electron chi connectivity index (χ1n) is 13.4. The highest BCUT2D eigenvalue weighted by Gasteiger charge is 2.48. The van der Waals surface area contributed by atoms with Crippen LogP contribution in [0.5, 0.6) is 0 Å². The van der Waals surface area contributed by atoms with Crippen LogP contribution in [-0.4, -0.2) is 79.6 Å². The Labute approximate surface area is 235 Å². The number of rotatable bonds is 9. The van der Waals surface area contributed by atoms with Crippen molar-refractivity contribution in [1.82, 2.24) is 40.4 Å². The Morgan fingerprint density at radius 3 is 2.64 bits per heavy atom. The van der Waals surface area contributed by atoms with E-state index in [0.717, 1.165) is 4.90 Å². The monoisotopic (exact) mass is 600 g/mol. The van der Waals surface area contributed by atoms with Crippen LogP contribution in [0.25, 0.3) is 5.65 Å². The van der Waals surface area contributed by atoms with E-state index in [1.54, 1.807) is 19.2 Å². The van der Waals surface area contributed by atoms with Crippen molar-refractivity contribution in [3.63, 3.8) is 0 Å². The number of hydrogen-bond donors (Lipinski definition) is 2. The summed E-state index contributed by atoms with van der Waals surface area (Å²) < 4.78 is 79.4. The third-order valence-corrected chi connectivity index (χ3v) is 7.64. The average molecular weight is 601 g/mol. The number of alkyl halides is 5. The van der Waals surface area contributed by atoms with E-state index >= 15 is 0 Å². The van der Waals surface area contributed by atoms with Crippen LogP contribution in [0.4, 0.5) is 26.7 Å². The molecule has 1 aliphatic carbocycles. The second-order valence-corrected chi connectivity index (χ2v) is 10.5. The van der Waals surface area contributed by atoms with Crippen LogP contribution in [0, 0.1) is 12.8 Å². The molecule has 12 nitrogen and oxygen atoms in total. The molecule has 0 radical (unpaired) electrons. The van der Waals surface area contributed by atoms with Gasteiger partial charge in [0.1, 0.15) is 11.7 Å². The van der Waals surface area contributed by atoms with Gasteiger partial charge in [-0.25, -0.2) is 27.7 Å². The lowest BCUT2D eigenvalue weighted by Gasteiger charge is -2.33. The number of fused-ring (bicyclic) bond motifs is 1. The predicted octanol–water partition coefficient (Wildman–Crippen LogP) is 3.75. The number of halogens is 5. The summed E-state index contributed by atoms with van der Waals surface area (Å²) in [6.45, 7) is 2.82. The highest BCUT2D eigenvalue weighted by molar-refractivity contribution is 5.93. The molecular formula is C25H29F5N8O4. The van der Waals surface area contributed by atoms with Crippen LogP contribution in [-0.2, 0) is 4.74 Å². The summed E-state index contributed by atoms with van der Waals surface area (Å²) in [5.74, 6) is -3.79. The van der Waals surface area contributed by atoms with Crippen LogP contribution in [0.1, 0.15) is 72.1 Å². The van der Waals surface area contributed by atoms with E-state index in [-0.39, 0.29) is 61.8 Å². The number of urea groups is 1. The van der Waals surface area contributed by atoms with Crippen molar-refractivity contribution in [3.05, 3.63) is 41.1 Å². The molecular weight excluding hydrogens is 571 g/mol. The normalized spacial score (nSPS) is 21.0. The maximum atomic E-state index is 14.0. The Balaban J connectivity index is 1.45. The Morgan fingerprint density at radius 1 is 1.29 bits per heavy atom. The van der Waals surface area contributed by atoms with Gasteiger partial charge in [0.25, 0.3) is 5.91 Å². The molecule has 17 heteroatoms. The molecule has 3 aromatic heterocycles. The van der Waals surface area contributed by atoms with E-state index in [1.807, 2.05) is 5.32 Å². The number of aromatic nitrogens is 5. The molecule has 1 saturated heterocycles. The first kappa shape index (κ1) is 29.6. The lowest BCUT2D eigenvalue weighted by atomic mass is 9.81. The largest absolute Gasteiger partial charge is 0.410 e. The lowest BCUT2D eigenvalue weighted by molar-refractivity contribution is -0.150. The summed E-state index contributed by atoms with van der Waals surface area (Å²) in [7, 11) is 0. The van der Waals surface area contributed by atoms with Gasteiger partial charge in [-0.2, -0.15) is 18.3 Å². The number of ether oxygens (including phenoxy) is 1. The molecule has 2 fully saturated rings. The topological polar surface area (TPSA) is 140 Å². The van der Waals surface area contributed by atoms with Gasteiger partial charge in [-0.15, -0.1) is 0 Å². The van der Waals surface area contributed by atoms with Crippen molar-refractivity contribution < 1.29 is 40.9 Å². The molecule has 2 N–H and O–H groups in total. The fourth-order valence-electron chi connectivity index (χ4n) is 5.33. The summed E-state index contributed by atoms with van der Waals surface area (Å²) in [6.07, 6.45) is -2.12. The molecule has 3 amide bonds. The van der Waals surface area contributed by atoms with Gasteiger partial charge >= 0.3 is 12.2 Å². The van der Waals surface area contributed by atoms with Gasteiger partial charge in [0, 0.05) is 25.0 Å². The molecule has 2 unspecified atom stereocenters. The zero-order valence-electron chi connectivity index (χ0n) is 22.7. The smallest absolute Gasteiger partial charge is 0.379 e. The van der Waals surface area contributed by atoms with Gasteiger partial charge in [0.05, 0.1) is 43.3 Å². The average Bonchev–Trinajstić information content (AvgIpc) is 3.65. The third kappa shape index (κ3) is 6.15. The molecule has 1 aliphatic heterocycles. The van der Waals surface area contributed by atoms with Crippen molar-refractivity contribution in [1.29, 1.82) is 0 Å². The fourth-order valence-corrected chi connectivity index (χ4v) is 5.33. The van der Waals surface area contributed by atoms with Gasteiger partial charge in [0.2, 0.25) is 5.92 Å². The van der Waals surface area contributed by atoms with E-state index in [0.29, 0.717) is 11.3 Å². The predicted molar refractivity (Wildman–Crippen MR) is 133 cm³/mol. The van der Waals surface area contributed by atoms with Gasteiger partial charge in [-0.3, -0.25) is 4.79 Å². The molecule has 42 heavy (non-hydrogen) atoms. The Bertz CT molecular complexity index is 1430. The van der Waals surface area contributed by atoms with Crippen LogP contribution >= 0.6 is 0 Å². The van der Waals surface area contributed by atoms with E-state index in [4.69, 9.17) is 4.74 Å². The minimum absolute atomic E-state index is 0.0508. The highest BCUT2D eigenvalue weighted by atomic mass is 19.4. The molecule has 0 bridgehead atoms. The molecule has 5 rings (SSSR count). The minimum atomic E-state index is -4.62. The molecule has 4 heterocycles. The second kappa shape index (κ2) is 11.4. The molecule has 1 saturated carbocycles. The SMILES string of the molecule is CCOCC(c1cnn2cc(C(NC(=O)c3nonc3C)C3CCC(F)(F)CC3)nc2c1)N1C[C@@H](C(F)(F)F)NC1=O. The first-order valence-corrected chi connectivity index (χ1v) is 13.4. The molecule has 0 aromatic carbocycles. The zero-order chi connectivity index (χ0) is 30.2. The van der Waals surface area contributed by atoms with E-state index in [9.17, 15) is 31.5 Å². The number of carbonyl (C=O) groups is 2. The maximum absolute atomic E-state index is 14.0. The number of nitrogens with zero attached hydrogens (tertiary/aromatic N) is 6. The number of aryl methyl sites for hydroxylation is 1. The van der Waals surface area contributed by atoms with Crippen molar-refractivity contribution >= 4 is 17.6 Å². The lowest BCUT2D eigenvalue weighted by Crippen LogP contribution is -2.40. The number of nitrogens with one attached hydrogen (secondary N) is 2. The molecule has 3 atom stereocenters. The Kier molecular flexibility index (Phi) is 8.04. The van der Waals surface area contributed by atoms with Crippen molar-refractivity contribution in [2.75, 3.05) is 19.8 Å². The summed E-state index contributed by atoms with van der Waals surface area (Å²) >= 11 is 0. The van der Waals surface area contributed by atoms with Gasteiger partial charge in [-0.05, 0) is 43.8 Å². The van der Waals surface area contributed by atoms with Crippen molar-refractivity contribution in [2.45, 2.75) is 69.8 Å². The standard InChI is InChI=1S/C25H29F5N8O4/c1-3-41-12-17(37-11-18(25(28,29)30)33-23(37)40)15-8-19-32-16(10-38(19)31-9-15)21(14-4-6-24(26,27)7-5-14)34-22(39)20-13(2)35-42-36-20/h8-10,14,17-18,21H,3-7,11-12H2,1-2H3,(H,33,40)(H,34,39)/t17?,18-,21?/m0/s1. The van der Waals surface area contributed by atoms with Crippen molar-refractivity contribution in [3.8, 4) is 0 Å². The van der Waals surface area contributed by atoms with Crippen LogP contribution < -0.4 is 10.6 Å². The van der Waals surface area contributed by atoms with E-state index in [2.05, 4.69) is 30.3 Å². The van der Waals surface area contributed by atoms with Gasteiger partial charge < -0.3 is 20.3 Å². The molecule has 3 aromatic rings. The summed E-state index contributed by atoms with van der Waals surface area (Å²) in [6, 6.07) is -3.03. The summed E-state index contributed by atoms with van der Waals surface area (Å²) in [5, 5.41) is 16.4. The third-order valence-electron chi connectivity index (χ3n) is 7.64. The zero-order valence-corrected chi connectivity index (χ0v) is 22.7. The Morgan fingerprint density at radius 2 is 2.02 bits per heavy atom. The van der Waals surface area contributed by atoms with Crippen molar-refractivity contribution in [2.24, 2.45) is 5.92 Å². The van der Waals surface area contributed by atoms with E-state index < -0.39 is 48.7 Å². The number of imidazole rings is 1. The summed E-state index contributed by atoms with van der Waals surface area (Å²) in [4.78, 5) is 31.2. The quantitative estimate of drug-likeness (QED) is 0.354. The minimum Gasteiger partial charge on any atom is -0.379 e. The number of amides is 3. The van der Waals surface area contributed by atoms with Gasteiger partial charge in [0.15, 0.2) is 11.3 Å². The van der Waals surface area contributed by atoms with Crippen LogP contribution in [0.3, 0.4) is 0 Å². The number of carbonyl (C=O) groups excluding carboxylic acids is 2. The molecule has 228 valence electrons. The first-order chi connectivity index (χ1) is 19.9. The number of hydrogen-bond acceptors (Lipinski definition) is 8. The fraction of sp³-hybridized carbons (Fsp3) is 0.600. The van der Waals surface area contributed by atoms with Crippen LogP contribution in [0.15, 0.2) is 23.1 Å². The maximum Gasteiger partial charge on any atom is 0.410 e. The molecule has 0 spiro atoms. The van der Waals surface area contributed by atoms with E-state index in [1.165, 1.54) is 17.6 Å². The highest BCUT2D eigenvalue weighted by Crippen LogP contribution is 2.41. The molecule has 2 aliphatic rings.